The van der Waals surface area contributed by atoms with Crippen molar-refractivity contribution in [2.75, 3.05) is 16.0 Å². The van der Waals surface area contributed by atoms with Gasteiger partial charge in [0.15, 0.2) is 28.4 Å². The van der Waals surface area contributed by atoms with Gasteiger partial charge in [-0.2, -0.15) is 0 Å². The van der Waals surface area contributed by atoms with Crippen LogP contribution in [0.25, 0.3) is 0 Å². The molecule has 0 fully saturated rings. The van der Waals surface area contributed by atoms with Gasteiger partial charge in [0.25, 0.3) is 0 Å². The minimum absolute atomic E-state index is 0.0785. The maximum atomic E-state index is 13.8. The van der Waals surface area contributed by atoms with Gasteiger partial charge < -0.3 is 16.0 Å². The molecule has 0 aliphatic carbocycles. The standard InChI is InChI=1S/C23H19F4N3OS2/c1-12-6-8-14(9-7-12)28-23(32)29-15-4-3-5-16(10-15)33-13(2)22(31)30-21-19(26)17(24)11-18(25)20(21)27/h3-11,13H,1-2H3,(H,30,31)(H2,28,29,32). The number of hydrogen-bond donors (Lipinski definition) is 3. The van der Waals surface area contributed by atoms with Crippen molar-refractivity contribution >= 4 is 52.1 Å². The highest BCUT2D eigenvalue weighted by Crippen LogP contribution is 2.29. The molecule has 33 heavy (non-hydrogen) atoms. The number of thioether (sulfide) groups is 1. The Labute approximate surface area is 197 Å². The Kier molecular flexibility index (Phi) is 7.93. The van der Waals surface area contributed by atoms with E-state index in [9.17, 15) is 22.4 Å². The number of amides is 1. The van der Waals surface area contributed by atoms with Crippen LogP contribution in [-0.2, 0) is 4.79 Å². The molecule has 0 spiro atoms. The monoisotopic (exact) mass is 493 g/mol. The molecule has 0 bridgehead atoms. The molecule has 3 N–H and O–H groups in total. The van der Waals surface area contributed by atoms with Crippen LogP contribution >= 0.6 is 24.0 Å². The van der Waals surface area contributed by atoms with Crippen LogP contribution in [0, 0.1) is 30.2 Å². The van der Waals surface area contributed by atoms with E-state index < -0.39 is 40.1 Å². The average molecular weight is 494 g/mol. The summed E-state index contributed by atoms with van der Waals surface area (Å²) in [5.74, 6) is -7.35. The van der Waals surface area contributed by atoms with E-state index in [1.807, 2.05) is 36.5 Å². The van der Waals surface area contributed by atoms with E-state index in [4.69, 9.17) is 12.2 Å². The molecular formula is C23H19F4N3OS2. The first kappa shape index (κ1) is 24.5. The lowest BCUT2D eigenvalue weighted by Crippen LogP contribution is -2.24. The molecule has 0 aromatic heterocycles. The molecule has 3 rings (SSSR count). The lowest BCUT2D eigenvalue weighted by Gasteiger charge is -2.15. The van der Waals surface area contributed by atoms with Crippen LogP contribution in [0.1, 0.15) is 12.5 Å². The van der Waals surface area contributed by atoms with Crippen LogP contribution in [0.4, 0.5) is 34.6 Å². The normalized spacial score (nSPS) is 11.6. The van der Waals surface area contributed by atoms with E-state index in [0.717, 1.165) is 23.0 Å². The summed E-state index contributed by atoms with van der Waals surface area (Å²) in [6.45, 7) is 3.48. The first-order chi connectivity index (χ1) is 15.6. The summed E-state index contributed by atoms with van der Waals surface area (Å²) in [5.41, 5.74) is 1.44. The number of anilines is 3. The summed E-state index contributed by atoms with van der Waals surface area (Å²) in [5, 5.41) is 7.56. The van der Waals surface area contributed by atoms with Crippen molar-refractivity contribution in [3.8, 4) is 0 Å². The summed E-state index contributed by atoms with van der Waals surface area (Å²) in [6, 6.07) is 14.8. The van der Waals surface area contributed by atoms with Crippen molar-refractivity contribution in [2.24, 2.45) is 0 Å². The van der Waals surface area contributed by atoms with Crippen LogP contribution < -0.4 is 16.0 Å². The van der Waals surface area contributed by atoms with Crippen LogP contribution in [0.3, 0.4) is 0 Å². The Morgan fingerprint density at radius 2 is 1.48 bits per heavy atom. The molecule has 0 aliphatic heterocycles. The third kappa shape index (κ3) is 6.45. The fourth-order valence-electron chi connectivity index (χ4n) is 2.74. The minimum atomic E-state index is -1.67. The molecular weight excluding hydrogens is 474 g/mol. The molecule has 172 valence electrons. The van der Waals surface area contributed by atoms with E-state index in [1.54, 1.807) is 24.3 Å². The van der Waals surface area contributed by atoms with Gasteiger partial charge in [-0.1, -0.05) is 23.8 Å². The van der Waals surface area contributed by atoms with Crippen LogP contribution in [0.2, 0.25) is 0 Å². The number of benzene rings is 3. The zero-order chi connectivity index (χ0) is 24.1. The van der Waals surface area contributed by atoms with Gasteiger partial charge in [-0.25, -0.2) is 17.6 Å². The summed E-state index contributed by atoms with van der Waals surface area (Å²) >= 11 is 6.41. The molecule has 0 saturated heterocycles. The largest absolute Gasteiger partial charge is 0.332 e. The molecule has 0 saturated carbocycles. The lowest BCUT2D eigenvalue weighted by molar-refractivity contribution is -0.115. The van der Waals surface area contributed by atoms with Crippen molar-refractivity contribution in [1.29, 1.82) is 0 Å². The van der Waals surface area contributed by atoms with E-state index in [2.05, 4.69) is 10.6 Å². The molecule has 1 unspecified atom stereocenters. The number of aryl methyl sites for hydroxylation is 1. The van der Waals surface area contributed by atoms with Crippen molar-refractivity contribution in [1.82, 2.24) is 0 Å². The fourth-order valence-corrected chi connectivity index (χ4v) is 3.90. The predicted octanol–water partition coefficient (Wildman–Crippen LogP) is 6.48. The van der Waals surface area contributed by atoms with Gasteiger partial charge in [-0.15, -0.1) is 11.8 Å². The maximum Gasteiger partial charge on any atom is 0.237 e. The summed E-state index contributed by atoms with van der Waals surface area (Å²) in [6.07, 6.45) is 0. The second-order valence-electron chi connectivity index (χ2n) is 7.07. The molecule has 0 radical (unpaired) electrons. The van der Waals surface area contributed by atoms with E-state index in [-0.39, 0.29) is 6.07 Å². The summed E-state index contributed by atoms with van der Waals surface area (Å²) in [7, 11) is 0. The predicted molar refractivity (Wildman–Crippen MR) is 128 cm³/mol. The van der Waals surface area contributed by atoms with Gasteiger partial charge in [0.1, 0.15) is 5.69 Å². The number of rotatable bonds is 6. The second-order valence-corrected chi connectivity index (χ2v) is 8.89. The molecule has 3 aromatic rings. The number of thiocarbonyl (C=S) groups is 1. The number of carbonyl (C=O) groups is 1. The van der Waals surface area contributed by atoms with Gasteiger partial charge in [0.05, 0.1) is 5.25 Å². The van der Waals surface area contributed by atoms with Gasteiger partial charge in [0, 0.05) is 22.3 Å². The topological polar surface area (TPSA) is 53.2 Å². The van der Waals surface area contributed by atoms with Crippen molar-refractivity contribution in [3.63, 3.8) is 0 Å². The molecule has 1 amide bonds. The van der Waals surface area contributed by atoms with Crippen LogP contribution in [0.5, 0.6) is 0 Å². The SMILES string of the molecule is Cc1ccc(NC(=S)Nc2cccc(SC(C)C(=O)Nc3c(F)c(F)cc(F)c3F)c2)cc1. The average Bonchev–Trinajstić information content (AvgIpc) is 2.77. The molecule has 0 aliphatic rings. The van der Waals surface area contributed by atoms with Crippen molar-refractivity contribution < 1.29 is 22.4 Å². The minimum Gasteiger partial charge on any atom is -0.332 e. The highest BCUT2D eigenvalue weighted by Gasteiger charge is 2.23. The Morgan fingerprint density at radius 3 is 2.12 bits per heavy atom. The first-order valence-corrected chi connectivity index (χ1v) is 11.0. The maximum absolute atomic E-state index is 13.8. The third-order valence-electron chi connectivity index (χ3n) is 4.44. The molecule has 10 heteroatoms. The fraction of sp³-hybridized carbons (Fsp3) is 0.130. The Morgan fingerprint density at radius 1 is 0.879 bits per heavy atom. The second kappa shape index (κ2) is 10.7. The lowest BCUT2D eigenvalue weighted by atomic mass is 10.2. The highest BCUT2D eigenvalue weighted by atomic mass is 32.2. The highest BCUT2D eigenvalue weighted by molar-refractivity contribution is 8.00. The van der Waals surface area contributed by atoms with E-state index in [0.29, 0.717) is 15.7 Å². The third-order valence-corrected chi connectivity index (χ3v) is 5.74. The number of nitrogens with one attached hydrogen (secondary N) is 3. The first-order valence-electron chi connectivity index (χ1n) is 9.69. The Balaban J connectivity index is 1.63. The molecule has 0 heterocycles. The number of halogens is 4. The summed E-state index contributed by atoms with van der Waals surface area (Å²) < 4.78 is 54.4. The van der Waals surface area contributed by atoms with Crippen LogP contribution in [0.15, 0.2) is 59.5 Å². The van der Waals surface area contributed by atoms with Gasteiger partial charge in [-0.05, 0) is 56.4 Å². The zero-order valence-electron chi connectivity index (χ0n) is 17.5. The number of hydrogen-bond acceptors (Lipinski definition) is 3. The Hall–Kier alpha value is -3.11. The molecule has 4 nitrogen and oxygen atoms in total. The van der Waals surface area contributed by atoms with Gasteiger partial charge >= 0.3 is 0 Å². The summed E-state index contributed by atoms with van der Waals surface area (Å²) in [4.78, 5) is 13.0. The number of carbonyl (C=O) groups excluding carboxylic acids is 1. The van der Waals surface area contributed by atoms with Gasteiger partial charge in [-0.3, -0.25) is 4.79 Å². The van der Waals surface area contributed by atoms with Crippen molar-refractivity contribution in [2.45, 2.75) is 24.0 Å². The van der Waals surface area contributed by atoms with Crippen molar-refractivity contribution in [3.05, 3.63) is 83.4 Å². The van der Waals surface area contributed by atoms with E-state index >= 15 is 0 Å². The van der Waals surface area contributed by atoms with Gasteiger partial charge in [0.2, 0.25) is 5.91 Å². The van der Waals surface area contributed by atoms with E-state index in [1.165, 1.54) is 6.92 Å². The van der Waals surface area contributed by atoms with Crippen LogP contribution in [-0.4, -0.2) is 16.3 Å². The Bertz CT molecular complexity index is 1160. The quantitative estimate of drug-likeness (QED) is 0.159. The zero-order valence-corrected chi connectivity index (χ0v) is 19.1. The molecule has 3 aromatic carbocycles. The molecule has 1 atom stereocenters. The smallest absolute Gasteiger partial charge is 0.237 e.